The Hall–Kier alpha value is -1.74. The van der Waals surface area contributed by atoms with Gasteiger partial charge in [-0.3, -0.25) is 4.79 Å². The third-order valence-electron chi connectivity index (χ3n) is 4.53. The third kappa shape index (κ3) is 4.30. The van der Waals surface area contributed by atoms with Gasteiger partial charge in [-0.1, -0.05) is 29.3 Å². The number of nitrogens with zero attached hydrogens (tertiary/aromatic N) is 1. The number of anilines is 1. The number of halogens is 4. The van der Waals surface area contributed by atoms with Crippen molar-refractivity contribution in [3.8, 4) is 0 Å². The van der Waals surface area contributed by atoms with E-state index in [0.717, 1.165) is 12.1 Å². The highest BCUT2D eigenvalue weighted by atomic mass is 35.5. The van der Waals surface area contributed by atoms with Crippen LogP contribution in [0.15, 0.2) is 41.3 Å². The van der Waals surface area contributed by atoms with E-state index in [-0.39, 0.29) is 46.6 Å². The van der Waals surface area contributed by atoms with Crippen LogP contribution in [0.2, 0.25) is 10.0 Å². The molecule has 2 aromatic carbocycles. The van der Waals surface area contributed by atoms with Gasteiger partial charge in [0.2, 0.25) is 15.9 Å². The molecular formula is C18H16Cl2F2N2O3S. The molecule has 1 aliphatic rings. The summed E-state index contributed by atoms with van der Waals surface area (Å²) in [7, 11) is -3.91. The Bertz CT molecular complexity index is 990. The van der Waals surface area contributed by atoms with Crippen LogP contribution in [0, 0.1) is 17.6 Å². The molecule has 0 spiro atoms. The molecular weight excluding hydrogens is 433 g/mol. The van der Waals surface area contributed by atoms with Crippen molar-refractivity contribution >= 4 is 44.8 Å². The van der Waals surface area contributed by atoms with Crippen molar-refractivity contribution in [2.24, 2.45) is 5.92 Å². The van der Waals surface area contributed by atoms with Crippen LogP contribution in [0.3, 0.4) is 0 Å². The van der Waals surface area contributed by atoms with E-state index < -0.39 is 33.5 Å². The van der Waals surface area contributed by atoms with E-state index in [2.05, 4.69) is 5.32 Å². The SMILES string of the molecule is O=C(Nc1ccc(F)cc1F)C1CCN(S(=O)(=O)c2c(Cl)cccc2Cl)CC1. The summed E-state index contributed by atoms with van der Waals surface area (Å²) < 4.78 is 53.6. The second-order valence-corrected chi connectivity index (χ2v) is 9.03. The summed E-state index contributed by atoms with van der Waals surface area (Å²) in [5.41, 5.74) is -0.121. The lowest BCUT2D eigenvalue weighted by molar-refractivity contribution is -0.120. The van der Waals surface area contributed by atoms with Crippen molar-refractivity contribution in [1.29, 1.82) is 0 Å². The van der Waals surface area contributed by atoms with Crippen molar-refractivity contribution < 1.29 is 22.0 Å². The number of carbonyl (C=O) groups excluding carboxylic acids is 1. The number of amides is 1. The summed E-state index contributed by atoms with van der Waals surface area (Å²) in [6.45, 7) is 0.182. The number of piperidine rings is 1. The lowest BCUT2D eigenvalue weighted by Gasteiger charge is -2.31. The minimum atomic E-state index is -3.91. The van der Waals surface area contributed by atoms with Crippen LogP contribution in [-0.4, -0.2) is 31.7 Å². The third-order valence-corrected chi connectivity index (χ3v) is 7.39. The molecule has 1 heterocycles. The average Bonchev–Trinajstić information content (AvgIpc) is 2.64. The van der Waals surface area contributed by atoms with Gasteiger partial charge in [0, 0.05) is 25.1 Å². The first-order valence-corrected chi connectivity index (χ1v) is 10.6. The van der Waals surface area contributed by atoms with Gasteiger partial charge in [-0.15, -0.1) is 0 Å². The van der Waals surface area contributed by atoms with Crippen LogP contribution in [0.1, 0.15) is 12.8 Å². The topological polar surface area (TPSA) is 66.5 Å². The van der Waals surface area contributed by atoms with Gasteiger partial charge in [0.1, 0.15) is 16.5 Å². The number of hydrogen-bond donors (Lipinski definition) is 1. The molecule has 0 atom stereocenters. The maximum Gasteiger partial charge on any atom is 0.246 e. The molecule has 1 aliphatic heterocycles. The minimum absolute atomic E-state index is 0.0270. The first kappa shape index (κ1) is 21.0. The summed E-state index contributed by atoms with van der Waals surface area (Å²) >= 11 is 12.0. The van der Waals surface area contributed by atoms with Crippen molar-refractivity contribution in [2.75, 3.05) is 18.4 Å². The van der Waals surface area contributed by atoms with Crippen molar-refractivity contribution in [2.45, 2.75) is 17.7 Å². The highest BCUT2D eigenvalue weighted by molar-refractivity contribution is 7.89. The minimum Gasteiger partial charge on any atom is -0.323 e. The van der Waals surface area contributed by atoms with Gasteiger partial charge in [-0.05, 0) is 37.1 Å². The van der Waals surface area contributed by atoms with Crippen LogP contribution < -0.4 is 5.32 Å². The highest BCUT2D eigenvalue weighted by Gasteiger charge is 2.34. The summed E-state index contributed by atoms with van der Waals surface area (Å²) in [5.74, 6) is -2.56. The fourth-order valence-electron chi connectivity index (χ4n) is 3.04. The Morgan fingerprint density at radius 1 is 1.07 bits per heavy atom. The van der Waals surface area contributed by atoms with Gasteiger partial charge < -0.3 is 5.32 Å². The molecule has 1 fully saturated rings. The van der Waals surface area contributed by atoms with Crippen LogP contribution in [0.5, 0.6) is 0 Å². The Morgan fingerprint density at radius 3 is 2.25 bits per heavy atom. The largest absolute Gasteiger partial charge is 0.323 e. The predicted octanol–water partition coefficient (Wildman–Crippen LogP) is 4.31. The van der Waals surface area contributed by atoms with E-state index >= 15 is 0 Å². The number of benzene rings is 2. The standard InChI is InChI=1S/C18H16Cl2F2N2O3S/c19-13-2-1-3-14(20)17(13)28(26,27)24-8-6-11(7-9-24)18(25)23-16-5-4-12(21)10-15(16)22/h1-5,10-11H,6-9H2,(H,23,25). The Kier molecular flexibility index (Phi) is 6.24. The monoisotopic (exact) mass is 448 g/mol. The molecule has 5 nitrogen and oxygen atoms in total. The van der Waals surface area contributed by atoms with E-state index in [0.29, 0.717) is 6.07 Å². The molecule has 1 saturated heterocycles. The highest BCUT2D eigenvalue weighted by Crippen LogP contribution is 2.33. The van der Waals surface area contributed by atoms with Crippen molar-refractivity contribution in [1.82, 2.24) is 4.31 Å². The van der Waals surface area contributed by atoms with Crippen molar-refractivity contribution in [3.63, 3.8) is 0 Å². The normalized spacial score (nSPS) is 16.1. The average molecular weight is 449 g/mol. The molecule has 0 saturated carbocycles. The molecule has 2 aromatic rings. The molecule has 1 N–H and O–H groups in total. The summed E-state index contributed by atoms with van der Waals surface area (Å²) in [5, 5.41) is 2.47. The first-order valence-electron chi connectivity index (χ1n) is 8.40. The van der Waals surface area contributed by atoms with E-state index in [1.165, 1.54) is 16.4 Å². The smallest absolute Gasteiger partial charge is 0.246 e. The van der Waals surface area contributed by atoms with Gasteiger partial charge in [0.05, 0.1) is 15.7 Å². The van der Waals surface area contributed by atoms with Crippen LogP contribution >= 0.6 is 23.2 Å². The number of nitrogens with one attached hydrogen (secondary N) is 1. The molecule has 0 aromatic heterocycles. The summed E-state index contributed by atoms with van der Waals surface area (Å²) in [4.78, 5) is 12.2. The van der Waals surface area contributed by atoms with E-state index in [1.807, 2.05) is 0 Å². The van der Waals surface area contributed by atoms with Gasteiger partial charge in [0.25, 0.3) is 0 Å². The lowest BCUT2D eigenvalue weighted by atomic mass is 9.97. The van der Waals surface area contributed by atoms with Crippen LogP contribution in [0.25, 0.3) is 0 Å². The zero-order valence-electron chi connectivity index (χ0n) is 14.5. The zero-order chi connectivity index (χ0) is 20.5. The van der Waals surface area contributed by atoms with E-state index in [4.69, 9.17) is 23.2 Å². The first-order chi connectivity index (χ1) is 13.2. The van der Waals surface area contributed by atoms with Crippen LogP contribution in [0.4, 0.5) is 14.5 Å². The van der Waals surface area contributed by atoms with E-state index in [1.54, 1.807) is 6.07 Å². The number of carbonyl (C=O) groups is 1. The molecule has 3 rings (SSSR count). The molecule has 0 aliphatic carbocycles. The van der Waals surface area contributed by atoms with Crippen molar-refractivity contribution in [3.05, 3.63) is 58.1 Å². The Balaban J connectivity index is 1.68. The van der Waals surface area contributed by atoms with Gasteiger partial charge in [-0.2, -0.15) is 4.31 Å². The lowest BCUT2D eigenvalue weighted by Crippen LogP contribution is -2.41. The molecule has 0 bridgehead atoms. The second-order valence-electron chi connectivity index (χ2n) is 6.34. The number of sulfonamides is 1. The second kappa shape index (κ2) is 8.32. The predicted molar refractivity (Wildman–Crippen MR) is 103 cm³/mol. The van der Waals surface area contributed by atoms with Gasteiger partial charge in [-0.25, -0.2) is 17.2 Å². The van der Waals surface area contributed by atoms with Gasteiger partial charge >= 0.3 is 0 Å². The summed E-state index contributed by atoms with van der Waals surface area (Å²) in [6, 6.07) is 7.30. The Morgan fingerprint density at radius 2 is 1.68 bits per heavy atom. The maximum atomic E-state index is 13.7. The molecule has 150 valence electrons. The fourth-order valence-corrected chi connectivity index (χ4v) is 5.60. The number of rotatable bonds is 4. The number of hydrogen-bond acceptors (Lipinski definition) is 3. The Labute approximate surface area is 171 Å². The maximum absolute atomic E-state index is 13.7. The molecule has 28 heavy (non-hydrogen) atoms. The quantitative estimate of drug-likeness (QED) is 0.757. The molecule has 0 unspecified atom stereocenters. The van der Waals surface area contributed by atoms with Crippen LogP contribution in [-0.2, 0) is 14.8 Å². The summed E-state index contributed by atoms with van der Waals surface area (Å²) in [6.07, 6.45) is 0.492. The molecule has 10 heteroatoms. The molecule has 1 amide bonds. The zero-order valence-corrected chi connectivity index (χ0v) is 16.8. The van der Waals surface area contributed by atoms with E-state index in [9.17, 15) is 22.0 Å². The van der Waals surface area contributed by atoms with Gasteiger partial charge in [0.15, 0.2) is 0 Å². The fraction of sp³-hybridized carbons (Fsp3) is 0.278. The molecule has 0 radical (unpaired) electrons.